The zero-order valence-electron chi connectivity index (χ0n) is 10.6. The van der Waals surface area contributed by atoms with Crippen LogP contribution in [-0.2, 0) is 4.74 Å². The minimum atomic E-state index is -1.59. The molecule has 2 rings (SSSR count). The van der Waals surface area contributed by atoms with Crippen LogP contribution >= 0.6 is 0 Å². The fraction of sp³-hybridized carbons (Fsp3) is 0.636. The lowest BCUT2D eigenvalue weighted by Gasteiger charge is -2.40. The maximum Gasteiger partial charge on any atom is 0.330 e. The molecule has 20 heavy (non-hydrogen) atoms. The van der Waals surface area contributed by atoms with E-state index in [4.69, 9.17) is 9.84 Å². The van der Waals surface area contributed by atoms with Crippen LogP contribution in [0.15, 0.2) is 15.8 Å². The van der Waals surface area contributed by atoms with Gasteiger partial charge in [0.05, 0.1) is 6.61 Å². The molecule has 1 aromatic rings. The number of aryl methyl sites for hydroxylation is 1. The highest BCUT2D eigenvalue weighted by Gasteiger charge is 2.44. The third-order valence-corrected chi connectivity index (χ3v) is 3.29. The fourth-order valence-corrected chi connectivity index (χ4v) is 2.09. The number of aliphatic hydroxyl groups is 4. The van der Waals surface area contributed by atoms with Gasteiger partial charge < -0.3 is 25.2 Å². The molecule has 5 atom stereocenters. The standard InChI is InChI=1S/C11H16N2O7/c1-4-2-13(11(19)12-9(4)18)10-8(17)7(16)6(15)5(3-14)20-10/h2,5-8,10,14-17H,3H2,1H3,(H,12,18,19)/t5-,6-,7+,8-,10?/m1/s1. The maximum absolute atomic E-state index is 11.7. The van der Waals surface area contributed by atoms with Crippen molar-refractivity contribution in [3.63, 3.8) is 0 Å². The Morgan fingerprint density at radius 1 is 1.25 bits per heavy atom. The first-order chi connectivity index (χ1) is 9.36. The van der Waals surface area contributed by atoms with E-state index in [1.54, 1.807) is 0 Å². The van der Waals surface area contributed by atoms with Crippen molar-refractivity contribution in [2.24, 2.45) is 0 Å². The van der Waals surface area contributed by atoms with Crippen LogP contribution in [0, 0.1) is 6.92 Å². The molecule has 2 heterocycles. The number of aromatic amines is 1. The van der Waals surface area contributed by atoms with E-state index < -0.39 is 48.5 Å². The molecule has 0 aliphatic carbocycles. The van der Waals surface area contributed by atoms with Gasteiger partial charge in [-0.1, -0.05) is 0 Å². The summed E-state index contributed by atoms with van der Waals surface area (Å²) in [6.07, 6.45) is -5.97. The Labute approximate surface area is 112 Å². The largest absolute Gasteiger partial charge is 0.394 e. The van der Waals surface area contributed by atoms with Gasteiger partial charge in [-0.25, -0.2) is 4.79 Å². The van der Waals surface area contributed by atoms with Crippen LogP contribution < -0.4 is 11.2 Å². The van der Waals surface area contributed by atoms with Gasteiger partial charge in [-0.2, -0.15) is 0 Å². The van der Waals surface area contributed by atoms with Gasteiger partial charge in [-0.05, 0) is 6.92 Å². The van der Waals surface area contributed by atoms with Crippen molar-refractivity contribution in [3.8, 4) is 0 Å². The van der Waals surface area contributed by atoms with Crippen LogP contribution in [0.2, 0.25) is 0 Å². The molecule has 5 N–H and O–H groups in total. The summed E-state index contributed by atoms with van der Waals surface area (Å²) in [5, 5.41) is 38.3. The molecule has 1 saturated heterocycles. The van der Waals surface area contributed by atoms with Gasteiger partial charge in [0.25, 0.3) is 5.56 Å². The first-order valence-corrected chi connectivity index (χ1v) is 5.99. The highest BCUT2D eigenvalue weighted by atomic mass is 16.6. The number of ether oxygens (including phenoxy) is 1. The van der Waals surface area contributed by atoms with E-state index in [0.717, 1.165) is 4.57 Å². The van der Waals surface area contributed by atoms with Gasteiger partial charge in [0.1, 0.15) is 24.4 Å². The molecule has 112 valence electrons. The molecular formula is C11H16N2O7. The van der Waals surface area contributed by atoms with Crippen LogP contribution in [-0.4, -0.2) is 61.0 Å². The number of nitrogens with zero attached hydrogens (tertiary/aromatic N) is 1. The van der Waals surface area contributed by atoms with Gasteiger partial charge in [0, 0.05) is 11.8 Å². The van der Waals surface area contributed by atoms with Crippen molar-refractivity contribution in [1.29, 1.82) is 0 Å². The summed E-state index contributed by atoms with van der Waals surface area (Å²) in [7, 11) is 0. The van der Waals surface area contributed by atoms with Crippen LogP contribution in [0.4, 0.5) is 0 Å². The molecule has 0 saturated carbocycles. The van der Waals surface area contributed by atoms with Gasteiger partial charge in [-0.15, -0.1) is 0 Å². The average molecular weight is 288 g/mol. The van der Waals surface area contributed by atoms with E-state index in [9.17, 15) is 24.9 Å². The summed E-state index contributed by atoms with van der Waals surface area (Å²) in [5.41, 5.74) is -1.19. The van der Waals surface area contributed by atoms with Gasteiger partial charge in [-0.3, -0.25) is 14.3 Å². The SMILES string of the molecule is Cc1cn(C2O[C@H](CO)[C@@H](O)[C@H](O)[C@H]2O)c(=O)[nH]c1=O. The van der Waals surface area contributed by atoms with Crippen LogP contribution in [0.1, 0.15) is 11.8 Å². The number of nitrogens with one attached hydrogen (secondary N) is 1. The van der Waals surface area contributed by atoms with E-state index in [-0.39, 0.29) is 5.56 Å². The second-order valence-electron chi connectivity index (χ2n) is 4.70. The molecule has 1 unspecified atom stereocenters. The molecule has 0 spiro atoms. The molecule has 0 radical (unpaired) electrons. The summed E-state index contributed by atoms with van der Waals surface area (Å²) in [6, 6.07) is 0. The van der Waals surface area contributed by atoms with Crippen molar-refractivity contribution in [2.45, 2.75) is 37.6 Å². The summed E-state index contributed by atoms with van der Waals surface area (Å²) in [4.78, 5) is 25.1. The second kappa shape index (κ2) is 5.46. The zero-order valence-corrected chi connectivity index (χ0v) is 10.6. The minimum Gasteiger partial charge on any atom is -0.394 e. The predicted octanol–water partition coefficient (Wildman–Crippen LogP) is -3.18. The fourth-order valence-electron chi connectivity index (χ4n) is 2.09. The first kappa shape index (κ1) is 14.9. The number of aliphatic hydroxyl groups excluding tert-OH is 4. The molecule has 1 fully saturated rings. The highest BCUT2D eigenvalue weighted by Crippen LogP contribution is 2.27. The normalized spacial score (nSPS) is 34.1. The monoisotopic (exact) mass is 288 g/mol. The Balaban J connectivity index is 2.44. The van der Waals surface area contributed by atoms with Crippen LogP contribution in [0.25, 0.3) is 0 Å². The van der Waals surface area contributed by atoms with Crippen molar-refractivity contribution in [2.75, 3.05) is 6.61 Å². The topological polar surface area (TPSA) is 145 Å². The zero-order chi connectivity index (χ0) is 15.0. The smallest absolute Gasteiger partial charge is 0.330 e. The maximum atomic E-state index is 11.7. The number of aromatic nitrogens is 2. The number of hydrogen-bond acceptors (Lipinski definition) is 7. The summed E-state index contributed by atoms with van der Waals surface area (Å²) >= 11 is 0. The molecular weight excluding hydrogens is 272 g/mol. The third kappa shape index (κ3) is 2.41. The van der Waals surface area contributed by atoms with Crippen LogP contribution in [0.3, 0.4) is 0 Å². The minimum absolute atomic E-state index is 0.210. The van der Waals surface area contributed by atoms with Crippen molar-refractivity contribution in [3.05, 3.63) is 32.6 Å². The van der Waals surface area contributed by atoms with Crippen LogP contribution in [0.5, 0.6) is 0 Å². The summed E-state index contributed by atoms with van der Waals surface area (Å²) < 4.78 is 6.13. The highest BCUT2D eigenvalue weighted by molar-refractivity contribution is 5.03. The molecule has 0 amide bonds. The van der Waals surface area contributed by atoms with Gasteiger partial charge >= 0.3 is 5.69 Å². The number of H-pyrrole nitrogens is 1. The summed E-state index contributed by atoms with van der Waals surface area (Å²) in [5.74, 6) is 0. The second-order valence-corrected chi connectivity index (χ2v) is 4.70. The number of hydrogen-bond donors (Lipinski definition) is 5. The molecule has 9 nitrogen and oxygen atoms in total. The molecule has 0 aromatic carbocycles. The molecule has 1 aliphatic rings. The quantitative estimate of drug-likeness (QED) is 0.385. The predicted molar refractivity (Wildman–Crippen MR) is 65.1 cm³/mol. The Hall–Kier alpha value is -1.52. The van der Waals surface area contributed by atoms with Crippen molar-refractivity contribution < 1.29 is 25.2 Å². The molecule has 1 aromatic heterocycles. The molecule has 1 aliphatic heterocycles. The molecule has 9 heteroatoms. The van der Waals surface area contributed by atoms with E-state index in [1.807, 2.05) is 4.98 Å². The number of rotatable bonds is 2. The van der Waals surface area contributed by atoms with E-state index >= 15 is 0 Å². The van der Waals surface area contributed by atoms with Crippen molar-refractivity contribution in [1.82, 2.24) is 9.55 Å². The van der Waals surface area contributed by atoms with E-state index in [0.29, 0.717) is 0 Å². The third-order valence-electron chi connectivity index (χ3n) is 3.29. The van der Waals surface area contributed by atoms with E-state index in [2.05, 4.69) is 0 Å². The Bertz CT molecular complexity index is 593. The first-order valence-electron chi connectivity index (χ1n) is 5.99. The Kier molecular flexibility index (Phi) is 4.06. The average Bonchev–Trinajstić information content (AvgIpc) is 2.41. The molecule has 0 bridgehead atoms. The summed E-state index contributed by atoms with van der Waals surface area (Å²) in [6.45, 7) is 0.858. The van der Waals surface area contributed by atoms with Gasteiger partial charge in [0.15, 0.2) is 6.23 Å². The Morgan fingerprint density at radius 2 is 1.90 bits per heavy atom. The Morgan fingerprint density at radius 3 is 2.50 bits per heavy atom. The lowest BCUT2D eigenvalue weighted by molar-refractivity contribution is -0.252. The van der Waals surface area contributed by atoms with Crippen molar-refractivity contribution >= 4 is 0 Å². The lowest BCUT2D eigenvalue weighted by atomic mass is 9.98. The van der Waals surface area contributed by atoms with E-state index in [1.165, 1.54) is 13.1 Å². The lowest BCUT2D eigenvalue weighted by Crippen LogP contribution is -2.58. The van der Waals surface area contributed by atoms with Gasteiger partial charge in [0.2, 0.25) is 0 Å².